The smallest absolute Gasteiger partial charge is 0.306 e. The van der Waals surface area contributed by atoms with Gasteiger partial charge in [-0.1, -0.05) is 21.1 Å². The van der Waals surface area contributed by atoms with E-state index in [1.807, 2.05) is 24.3 Å². The van der Waals surface area contributed by atoms with Gasteiger partial charge in [0.25, 0.3) is 0 Å². The van der Waals surface area contributed by atoms with Gasteiger partial charge in [0.15, 0.2) is 0 Å². The van der Waals surface area contributed by atoms with Crippen LogP contribution in [0.3, 0.4) is 0 Å². The molecule has 1 aliphatic rings. The van der Waals surface area contributed by atoms with Gasteiger partial charge in [0.05, 0.1) is 5.92 Å². The van der Waals surface area contributed by atoms with Crippen LogP contribution in [0.4, 0.5) is 0 Å². The summed E-state index contributed by atoms with van der Waals surface area (Å²) in [4.78, 5) is 15.4. The van der Waals surface area contributed by atoms with Gasteiger partial charge >= 0.3 is 5.97 Å². The summed E-state index contributed by atoms with van der Waals surface area (Å²) >= 11 is 3.38. The van der Waals surface area contributed by atoms with E-state index in [1.165, 1.54) is 0 Å². The molecule has 1 aromatic carbocycles. The van der Waals surface area contributed by atoms with E-state index in [4.69, 9.17) is 9.63 Å². The van der Waals surface area contributed by atoms with Crippen LogP contribution in [-0.4, -0.2) is 21.2 Å². The van der Waals surface area contributed by atoms with Crippen molar-refractivity contribution in [3.05, 3.63) is 34.6 Å². The SMILES string of the molecule is O=C(O)C1CCC(c2nc(-c3ccc(Br)cc3)no2)C1. The Kier molecular flexibility index (Phi) is 3.56. The molecule has 20 heavy (non-hydrogen) atoms. The van der Waals surface area contributed by atoms with Crippen molar-refractivity contribution in [1.82, 2.24) is 10.1 Å². The topological polar surface area (TPSA) is 76.2 Å². The monoisotopic (exact) mass is 336 g/mol. The Bertz CT molecular complexity index is 624. The summed E-state index contributed by atoms with van der Waals surface area (Å²) in [6.07, 6.45) is 2.05. The number of hydrogen-bond donors (Lipinski definition) is 1. The molecular formula is C14H13BrN2O3. The fourth-order valence-electron chi connectivity index (χ4n) is 2.55. The summed E-state index contributed by atoms with van der Waals surface area (Å²) in [6, 6.07) is 7.66. The normalized spacial score (nSPS) is 22.1. The van der Waals surface area contributed by atoms with E-state index < -0.39 is 5.97 Å². The van der Waals surface area contributed by atoms with E-state index in [1.54, 1.807) is 0 Å². The lowest BCUT2D eigenvalue weighted by molar-refractivity contribution is -0.141. The van der Waals surface area contributed by atoms with E-state index in [0.717, 1.165) is 16.5 Å². The molecule has 104 valence electrons. The Morgan fingerprint density at radius 2 is 2.05 bits per heavy atom. The van der Waals surface area contributed by atoms with Gasteiger partial charge in [-0.3, -0.25) is 4.79 Å². The molecule has 3 rings (SSSR count). The summed E-state index contributed by atoms with van der Waals surface area (Å²) in [5.41, 5.74) is 0.885. The molecule has 2 atom stereocenters. The number of carboxylic acids is 1. The van der Waals surface area contributed by atoms with E-state index in [-0.39, 0.29) is 11.8 Å². The van der Waals surface area contributed by atoms with Crippen molar-refractivity contribution in [3.63, 3.8) is 0 Å². The summed E-state index contributed by atoms with van der Waals surface area (Å²) in [7, 11) is 0. The Balaban J connectivity index is 1.77. The van der Waals surface area contributed by atoms with Crippen molar-refractivity contribution in [1.29, 1.82) is 0 Å². The van der Waals surface area contributed by atoms with Crippen LogP contribution in [0.5, 0.6) is 0 Å². The first-order chi connectivity index (χ1) is 9.63. The molecule has 0 radical (unpaired) electrons. The lowest BCUT2D eigenvalue weighted by Gasteiger charge is -2.02. The van der Waals surface area contributed by atoms with Crippen LogP contribution in [0, 0.1) is 5.92 Å². The third-order valence-corrected chi connectivity index (χ3v) is 4.20. The molecule has 5 nitrogen and oxygen atoms in total. The number of rotatable bonds is 3. The second kappa shape index (κ2) is 5.36. The highest BCUT2D eigenvalue weighted by molar-refractivity contribution is 9.10. The van der Waals surface area contributed by atoms with Gasteiger partial charge in [-0.2, -0.15) is 4.98 Å². The molecule has 1 saturated carbocycles. The minimum atomic E-state index is -0.736. The molecule has 1 N–H and O–H groups in total. The molecule has 1 fully saturated rings. The molecule has 0 saturated heterocycles. The molecule has 1 aliphatic carbocycles. The molecule has 6 heteroatoms. The summed E-state index contributed by atoms with van der Waals surface area (Å²) in [5, 5.41) is 13.0. The number of carbonyl (C=O) groups is 1. The number of aliphatic carboxylic acids is 1. The average molecular weight is 337 g/mol. The molecule has 0 aliphatic heterocycles. The summed E-state index contributed by atoms with van der Waals surface area (Å²) in [6.45, 7) is 0. The number of aromatic nitrogens is 2. The highest BCUT2D eigenvalue weighted by Gasteiger charge is 2.33. The molecule has 1 aromatic heterocycles. The van der Waals surface area contributed by atoms with Crippen LogP contribution < -0.4 is 0 Å². The number of halogens is 1. The van der Waals surface area contributed by atoms with E-state index in [2.05, 4.69) is 26.1 Å². The third-order valence-electron chi connectivity index (χ3n) is 3.68. The maximum Gasteiger partial charge on any atom is 0.306 e. The van der Waals surface area contributed by atoms with Crippen LogP contribution in [0.2, 0.25) is 0 Å². The van der Waals surface area contributed by atoms with Crippen molar-refractivity contribution in [2.45, 2.75) is 25.2 Å². The van der Waals surface area contributed by atoms with Crippen molar-refractivity contribution in [2.24, 2.45) is 5.92 Å². The van der Waals surface area contributed by atoms with Crippen LogP contribution in [0.1, 0.15) is 31.1 Å². The maximum absolute atomic E-state index is 11.0. The first-order valence-electron chi connectivity index (χ1n) is 6.46. The summed E-state index contributed by atoms with van der Waals surface area (Å²) < 4.78 is 6.29. The predicted molar refractivity (Wildman–Crippen MR) is 75.2 cm³/mol. The van der Waals surface area contributed by atoms with Crippen LogP contribution in [0.15, 0.2) is 33.3 Å². The zero-order valence-corrected chi connectivity index (χ0v) is 12.2. The Labute approximate surface area is 124 Å². The van der Waals surface area contributed by atoms with Gasteiger partial charge in [0.2, 0.25) is 11.7 Å². The number of nitrogens with zero attached hydrogens (tertiary/aromatic N) is 2. The first-order valence-corrected chi connectivity index (χ1v) is 7.25. The van der Waals surface area contributed by atoms with E-state index in [0.29, 0.717) is 24.6 Å². The molecule has 1 heterocycles. The lowest BCUT2D eigenvalue weighted by atomic mass is 10.1. The second-order valence-corrected chi connectivity index (χ2v) is 5.92. The Morgan fingerprint density at radius 1 is 1.30 bits per heavy atom. The zero-order valence-electron chi connectivity index (χ0n) is 10.6. The minimum absolute atomic E-state index is 0.0628. The van der Waals surface area contributed by atoms with Crippen molar-refractivity contribution in [3.8, 4) is 11.4 Å². The predicted octanol–water partition coefficient (Wildman–Crippen LogP) is 3.47. The molecule has 0 spiro atoms. The van der Waals surface area contributed by atoms with E-state index >= 15 is 0 Å². The third kappa shape index (κ3) is 2.60. The van der Waals surface area contributed by atoms with E-state index in [9.17, 15) is 4.79 Å². The zero-order chi connectivity index (χ0) is 14.1. The second-order valence-electron chi connectivity index (χ2n) is 5.01. The first kappa shape index (κ1) is 13.3. The van der Waals surface area contributed by atoms with Gasteiger partial charge < -0.3 is 9.63 Å². The molecule has 2 aromatic rings. The van der Waals surface area contributed by atoms with Crippen LogP contribution in [0.25, 0.3) is 11.4 Å². The number of hydrogen-bond acceptors (Lipinski definition) is 4. The van der Waals surface area contributed by atoms with Crippen molar-refractivity contribution < 1.29 is 14.4 Å². The number of carboxylic acid groups (broad SMARTS) is 1. The standard InChI is InChI=1S/C14H13BrN2O3/c15-11-5-3-8(4-6-11)12-16-13(20-17-12)9-1-2-10(7-9)14(18)19/h3-6,9-10H,1-2,7H2,(H,18,19). The highest BCUT2D eigenvalue weighted by Crippen LogP contribution is 2.38. The molecule has 0 amide bonds. The Hall–Kier alpha value is -1.69. The molecular weight excluding hydrogens is 324 g/mol. The fourth-order valence-corrected chi connectivity index (χ4v) is 2.81. The van der Waals surface area contributed by atoms with Gasteiger partial charge in [-0.15, -0.1) is 0 Å². The maximum atomic E-state index is 11.0. The van der Waals surface area contributed by atoms with Gasteiger partial charge in [-0.05, 0) is 43.5 Å². The van der Waals surface area contributed by atoms with Gasteiger partial charge in [0, 0.05) is 16.0 Å². The fraction of sp³-hybridized carbons (Fsp3) is 0.357. The van der Waals surface area contributed by atoms with Crippen molar-refractivity contribution >= 4 is 21.9 Å². The van der Waals surface area contributed by atoms with Gasteiger partial charge in [-0.25, -0.2) is 0 Å². The van der Waals surface area contributed by atoms with Crippen molar-refractivity contribution in [2.75, 3.05) is 0 Å². The quantitative estimate of drug-likeness (QED) is 0.928. The summed E-state index contributed by atoms with van der Waals surface area (Å²) in [5.74, 6) is 0.133. The highest BCUT2D eigenvalue weighted by atomic mass is 79.9. The average Bonchev–Trinajstić information content (AvgIpc) is 3.08. The lowest BCUT2D eigenvalue weighted by Crippen LogP contribution is -2.09. The number of benzene rings is 1. The van der Waals surface area contributed by atoms with Crippen LogP contribution >= 0.6 is 15.9 Å². The van der Waals surface area contributed by atoms with Gasteiger partial charge in [0.1, 0.15) is 0 Å². The molecule has 2 unspecified atom stereocenters. The molecule has 0 bridgehead atoms. The minimum Gasteiger partial charge on any atom is -0.481 e. The van der Waals surface area contributed by atoms with Crippen LogP contribution in [-0.2, 0) is 4.79 Å². The Morgan fingerprint density at radius 3 is 2.70 bits per heavy atom. The largest absolute Gasteiger partial charge is 0.481 e.